The van der Waals surface area contributed by atoms with Crippen LogP contribution >= 0.6 is 0 Å². The minimum Gasteiger partial charge on any atom is -0.508 e. The van der Waals surface area contributed by atoms with Crippen LogP contribution in [0, 0.1) is 5.92 Å². The van der Waals surface area contributed by atoms with Crippen molar-refractivity contribution < 1.29 is 10.2 Å². The summed E-state index contributed by atoms with van der Waals surface area (Å²) in [6, 6.07) is 14.5. The molecule has 3 aromatic rings. The van der Waals surface area contributed by atoms with Crippen molar-refractivity contribution in [1.82, 2.24) is 9.78 Å². The molecular weight excluding hydrogens is 312 g/mol. The van der Waals surface area contributed by atoms with Crippen molar-refractivity contribution >= 4 is 0 Å². The molecule has 4 heteroatoms. The molecule has 2 N–H and O–H groups in total. The lowest BCUT2D eigenvalue weighted by molar-refractivity contribution is 0.474. The summed E-state index contributed by atoms with van der Waals surface area (Å²) < 4.78 is 2.07. The Balaban J connectivity index is 2.20. The van der Waals surface area contributed by atoms with Crippen LogP contribution in [-0.4, -0.2) is 20.0 Å². The summed E-state index contributed by atoms with van der Waals surface area (Å²) in [5.41, 5.74) is 5.27. The van der Waals surface area contributed by atoms with Crippen LogP contribution < -0.4 is 0 Å². The highest BCUT2D eigenvalue weighted by atomic mass is 16.3. The Hall–Kier alpha value is -2.75. The Morgan fingerprint density at radius 1 is 0.880 bits per heavy atom. The number of phenols is 2. The lowest BCUT2D eigenvalue weighted by Gasteiger charge is -2.11. The fourth-order valence-electron chi connectivity index (χ4n) is 3.11. The third-order valence-corrected chi connectivity index (χ3v) is 4.22. The summed E-state index contributed by atoms with van der Waals surface area (Å²) in [5.74, 6) is 0.978. The minimum absolute atomic E-state index is 0.252. The van der Waals surface area contributed by atoms with Crippen molar-refractivity contribution in [3.63, 3.8) is 0 Å². The molecule has 0 unspecified atom stereocenters. The van der Waals surface area contributed by atoms with Gasteiger partial charge in [0.1, 0.15) is 11.5 Å². The van der Waals surface area contributed by atoms with Crippen molar-refractivity contribution in [2.45, 2.75) is 33.7 Å². The van der Waals surface area contributed by atoms with E-state index >= 15 is 0 Å². The van der Waals surface area contributed by atoms with Gasteiger partial charge in [-0.1, -0.05) is 20.8 Å². The van der Waals surface area contributed by atoms with Crippen LogP contribution in [-0.2, 0) is 13.0 Å². The predicted molar refractivity (Wildman–Crippen MR) is 101 cm³/mol. The van der Waals surface area contributed by atoms with Crippen molar-refractivity contribution in [1.29, 1.82) is 0 Å². The van der Waals surface area contributed by atoms with E-state index in [4.69, 9.17) is 5.10 Å². The van der Waals surface area contributed by atoms with Gasteiger partial charge in [0.25, 0.3) is 0 Å². The van der Waals surface area contributed by atoms with Crippen LogP contribution in [0.3, 0.4) is 0 Å². The van der Waals surface area contributed by atoms with Gasteiger partial charge in [-0.2, -0.15) is 5.10 Å². The summed E-state index contributed by atoms with van der Waals surface area (Å²) in [4.78, 5) is 0. The first-order chi connectivity index (χ1) is 12.0. The number of nitrogens with zero attached hydrogens (tertiary/aromatic N) is 2. The molecule has 0 saturated carbocycles. The largest absolute Gasteiger partial charge is 0.508 e. The number of hydrogen-bond acceptors (Lipinski definition) is 3. The molecule has 0 spiro atoms. The Bertz CT molecular complexity index is 847. The summed E-state index contributed by atoms with van der Waals surface area (Å²) in [5, 5.41) is 24.1. The maximum Gasteiger partial charge on any atom is 0.115 e. The number of hydrogen-bond donors (Lipinski definition) is 2. The van der Waals surface area contributed by atoms with E-state index in [1.165, 1.54) is 5.56 Å². The van der Waals surface area contributed by atoms with Crippen molar-refractivity contribution in [2.24, 2.45) is 5.92 Å². The van der Waals surface area contributed by atoms with Gasteiger partial charge in [0, 0.05) is 23.2 Å². The van der Waals surface area contributed by atoms with E-state index in [1.54, 1.807) is 24.3 Å². The average molecular weight is 336 g/mol. The number of aromatic hydroxyl groups is 2. The third-order valence-electron chi connectivity index (χ3n) is 4.22. The van der Waals surface area contributed by atoms with E-state index in [1.807, 2.05) is 24.3 Å². The summed E-state index contributed by atoms with van der Waals surface area (Å²) in [6.45, 7) is 7.30. The van der Waals surface area contributed by atoms with Gasteiger partial charge >= 0.3 is 0 Å². The molecule has 0 aliphatic heterocycles. The molecule has 4 nitrogen and oxygen atoms in total. The maximum absolute atomic E-state index is 9.61. The molecule has 25 heavy (non-hydrogen) atoms. The normalized spacial score (nSPS) is 11.2. The van der Waals surface area contributed by atoms with Crippen LogP contribution in [0.15, 0.2) is 48.5 Å². The molecule has 0 fully saturated rings. The van der Waals surface area contributed by atoms with Gasteiger partial charge in [0.05, 0.1) is 11.4 Å². The van der Waals surface area contributed by atoms with E-state index in [0.717, 1.165) is 35.5 Å². The zero-order valence-electron chi connectivity index (χ0n) is 14.9. The second-order valence-corrected chi connectivity index (χ2v) is 6.70. The van der Waals surface area contributed by atoms with Gasteiger partial charge in [-0.25, -0.2) is 0 Å². The first-order valence-electron chi connectivity index (χ1n) is 8.68. The van der Waals surface area contributed by atoms with Gasteiger partial charge in [-0.05, 0) is 60.9 Å². The van der Waals surface area contributed by atoms with E-state index in [9.17, 15) is 10.2 Å². The lowest BCUT2D eigenvalue weighted by Crippen LogP contribution is -2.08. The van der Waals surface area contributed by atoms with Crippen molar-refractivity contribution in [3.05, 3.63) is 54.1 Å². The van der Waals surface area contributed by atoms with E-state index in [0.29, 0.717) is 5.92 Å². The van der Waals surface area contributed by atoms with E-state index < -0.39 is 0 Å². The third kappa shape index (κ3) is 3.53. The van der Waals surface area contributed by atoms with Crippen molar-refractivity contribution in [3.8, 4) is 34.0 Å². The van der Waals surface area contributed by atoms with Crippen LogP contribution in [0.2, 0.25) is 0 Å². The summed E-state index contributed by atoms with van der Waals surface area (Å²) >= 11 is 0. The molecule has 1 heterocycles. The van der Waals surface area contributed by atoms with E-state index in [2.05, 4.69) is 25.5 Å². The number of benzene rings is 2. The van der Waals surface area contributed by atoms with Gasteiger partial charge in [-0.15, -0.1) is 0 Å². The topological polar surface area (TPSA) is 58.3 Å². The number of rotatable bonds is 5. The molecule has 0 amide bonds. The van der Waals surface area contributed by atoms with Crippen LogP contribution in [0.4, 0.5) is 0 Å². The number of phenolic OH excluding ortho intramolecular Hbond substituents is 2. The molecular formula is C21H24N2O2. The van der Waals surface area contributed by atoms with Crippen molar-refractivity contribution in [2.75, 3.05) is 0 Å². The monoisotopic (exact) mass is 336 g/mol. The second kappa shape index (κ2) is 7.01. The average Bonchev–Trinajstić information content (AvgIpc) is 2.93. The lowest BCUT2D eigenvalue weighted by atomic mass is 9.99. The quantitative estimate of drug-likeness (QED) is 0.700. The Morgan fingerprint density at radius 2 is 1.40 bits per heavy atom. The van der Waals surface area contributed by atoms with Gasteiger partial charge < -0.3 is 10.2 Å². The zero-order valence-corrected chi connectivity index (χ0v) is 14.9. The predicted octanol–water partition coefficient (Wildman–Crippen LogP) is 4.85. The molecule has 0 aliphatic carbocycles. The first-order valence-corrected chi connectivity index (χ1v) is 8.68. The second-order valence-electron chi connectivity index (χ2n) is 6.70. The molecule has 3 rings (SSSR count). The standard InChI is InChI=1S/C21H24N2O2/c1-4-19-20(15-5-9-17(24)10-6-15)22-23(13-14(2)3)21(19)16-7-11-18(25)12-8-16/h5-12,14,24-25H,4,13H2,1-3H3. The Kier molecular flexibility index (Phi) is 4.79. The molecule has 0 saturated heterocycles. The van der Waals surface area contributed by atoms with Crippen LogP contribution in [0.1, 0.15) is 26.3 Å². The highest BCUT2D eigenvalue weighted by molar-refractivity contribution is 5.75. The minimum atomic E-state index is 0.252. The zero-order chi connectivity index (χ0) is 18.0. The fourth-order valence-corrected chi connectivity index (χ4v) is 3.11. The SMILES string of the molecule is CCc1c(-c2ccc(O)cc2)nn(CC(C)C)c1-c1ccc(O)cc1. The highest BCUT2D eigenvalue weighted by Gasteiger charge is 2.20. The summed E-state index contributed by atoms with van der Waals surface area (Å²) in [6.07, 6.45) is 0.852. The summed E-state index contributed by atoms with van der Waals surface area (Å²) in [7, 11) is 0. The Morgan fingerprint density at radius 3 is 1.88 bits per heavy atom. The number of aromatic nitrogens is 2. The molecule has 0 radical (unpaired) electrons. The first kappa shape index (κ1) is 17.1. The molecule has 130 valence electrons. The smallest absolute Gasteiger partial charge is 0.115 e. The maximum atomic E-state index is 9.61. The fraction of sp³-hybridized carbons (Fsp3) is 0.286. The molecule has 2 aromatic carbocycles. The van der Waals surface area contributed by atoms with Gasteiger partial charge in [0.15, 0.2) is 0 Å². The highest BCUT2D eigenvalue weighted by Crippen LogP contribution is 2.34. The van der Waals surface area contributed by atoms with E-state index in [-0.39, 0.29) is 11.5 Å². The van der Waals surface area contributed by atoms with Crippen LogP contribution in [0.25, 0.3) is 22.5 Å². The Labute approximate surface area is 148 Å². The van der Waals surface area contributed by atoms with Gasteiger partial charge in [0.2, 0.25) is 0 Å². The van der Waals surface area contributed by atoms with Gasteiger partial charge in [-0.3, -0.25) is 4.68 Å². The molecule has 0 atom stereocenters. The van der Waals surface area contributed by atoms with Crippen LogP contribution in [0.5, 0.6) is 11.5 Å². The molecule has 0 bridgehead atoms. The molecule has 0 aliphatic rings. The molecule has 1 aromatic heterocycles.